The molecule has 0 amide bonds. The summed E-state index contributed by atoms with van der Waals surface area (Å²) in [5.74, 6) is -2.85. The predicted molar refractivity (Wildman–Crippen MR) is 103 cm³/mol. The molecule has 0 aliphatic heterocycles. The summed E-state index contributed by atoms with van der Waals surface area (Å²) in [6.45, 7) is 7.05. The Labute approximate surface area is 151 Å². The van der Waals surface area contributed by atoms with Crippen LogP contribution < -0.4 is 5.32 Å². The van der Waals surface area contributed by atoms with Gasteiger partial charge in [0.1, 0.15) is 0 Å². The van der Waals surface area contributed by atoms with E-state index in [1.54, 1.807) is 7.05 Å². The fraction of sp³-hybridized carbons (Fsp3) is 0.250. The number of alkyl halides is 2. The van der Waals surface area contributed by atoms with E-state index in [2.05, 4.69) is 16.9 Å². The summed E-state index contributed by atoms with van der Waals surface area (Å²) in [6, 6.07) is 13.9. The molecule has 1 heterocycles. The van der Waals surface area contributed by atoms with Gasteiger partial charge in [0.25, 0.3) is 5.92 Å². The highest BCUT2D eigenvalue weighted by Gasteiger charge is 2.24. The zero-order valence-electron chi connectivity index (χ0n) is 14.6. The second-order valence-electron chi connectivity index (χ2n) is 5.81. The molecule has 0 bridgehead atoms. The van der Waals surface area contributed by atoms with Crippen LogP contribution in [0.2, 0.25) is 0 Å². The minimum atomic E-state index is -2.85. The monoisotopic (exact) mass is 360 g/mol. The third kappa shape index (κ3) is 5.36. The summed E-state index contributed by atoms with van der Waals surface area (Å²) in [6.07, 6.45) is 1.44. The van der Waals surface area contributed by atoms with E-state index in [1.807, 2.05) is 42.5 Å². The summed E-state index contributed by atoms with van der Waals surface area (Å²) in [4.78, 5) is 5.94. The van der Waals surface area contributed by atoms with Crippen molar-refractivity contribution in [2.24, 2.45) is 4.99 Å². The number of allylic oxidation sites excluding steroid dienone is 2. The molecule has 0 unspecified atom stereocenters. The SMILES string of the molecule is C=C(NCc1ccccc1)c1ccc(C(/C=C(\C)C(C)(F)F)=NC)s1. The minimum Gasteiger partial charge on any atom is -0.380 e. The average Bonchev–Trinajstić information content (AvgIpc) is 3.07. The third-order valence-corrected chi connectivity index (χ3v) is 4.96. The van der Waals surface area contributed by atoms with Gasteiger partial charge < -0.3 is 5.32 Å². The lowest BCUT2D eigenvalue weighted by Crippen LogP contribution is -2.12. The van der Waals surface area contributed by atoms with Crippen molar-refractivity contribution in [1.82, 2.24) is 5.32 Å². The van der Waals surface area contributed by atoms with Crippen LogP contribution >= 0.6 is 11.3 Å². The molecule has 5 heteroatoms. The molecule has 0 aliphatic rings. The largest absolute Gasteiger partial charge is 0.380 e. The Bertz CT molecular complexity index is 784. The van der Waals surface area contributed by atoms with E-state index < -0.39 is 5.92 Å². The van der Waals surface area contributed by atoms with Crippen molar-refractivity contribution in [1.29, 1.82) is 0 Å². The molecule has 2 rings (SSSR count). The van der Waals surface area contributed by atoms with Crippen molar-refractivity contribution in [3.05, 3.63) is 76.0 Å². The van der Waals surface area contributed by atoms with Crippen LogP contribution in [0.25, 0.3) is 5.70 Å². The first kappa shape index (κ1) is 19.1. The molecular formula is C20H22F2N2S. The van der Waals surface area contributed by atoms with Crippen LogP contribution in [0, 0.1) is 0 Å². The Balaban J connectivity index is 2.09. The zero-order valence-corrected chi connectivity index (χ0v) is 15.5. The smallest absolute Gasteiger partial charge is 0.266 e. The molecule has 0 atom stereocenters. The Hall–Kier alpha value is -2.27. The van der Waals surface area contributed by atoms with Crippen LogP contribution in [0.5, 0.6) is 0 Å². The van der Waals surface area contributed by atoms with E-state index in [-0.39, 0.29) is 5.57 Å². The van der Waals surface area contributed by atoms with Gasteiger partial charge in [0.2, 0.25) is 0 Å². The van der Waals surface area contributed by atoms with E-state index in [1.165, 1.54) is 29.9 Å². The maximum Gasteiger partial charge on any atom is 0.266 e. The van der Waals surface area contributed by atoms with E-state index in [9.17, 15) is 8.78 Å². The van der Waals surface area contributed by atoms with Gasteiger partial charge >= 0.3 is 0 Å². The summed E-state index contributed by atoms with van der Waals surface area (Å²) in [5.41, 5.74) is 2.51. The number of nitrogens with one attached hydrogen (secondary N) is 1. The van der Waals surface area contributed by atoms with Crippen LogP contribution in [0.3, 0.4) is 0 Å². The van der Waals surface area contributed by atoms with Crippen molar-refractivity contribution in [2.45, 2.75) is 26.3 Å². The molecule has 2 aromatic rings. The number of hydrogen-bond acceptors (Lipinski definition) is 3. The van der Waals surface area contributed by atoms with Crippen molar-refractivity contribution >= 4 is 22.7 Å². The topological polar surface area (TPSA) is 24.4 Å². The second kappa shape index (κ2) is 8.21. The van der Waals surface area contributed by atoms with Crippen LogP contribution in [0.4, 0.5) is 8.78 Å². The number of halogens is 2. The van der Waals surface area contributed by atoms with Gasteiger partial charge in [-0.1, -0.05) is 36.9 Å². The summed E-state index contributed by atoms with van der Waals surface area (Å²) < 4.78 is 26.8. The molecule has 1 aromatic heterocycles. The maximum atomic E-state index is 13.4. The number of benzene rings is 1. The van der Waals surface area contributed by atoms with Crippen molar-refractivity contribution in [3.63, 3.8) is 0 Å². The molecular weight excluding hydrogens is 338 g/mol. The Morgan fingerprint density at radius 1 is 1.20 bits per heavy atom. The minimum absolute atomic E-state index is 0.0101. The number of nitrogens with zero attached hydrogens (tertiary/aromatic N) is 1. The fourth-order valence-electron chi connectivity index (χ4n) is 2.11. The molecule has 2 nitrogen and oxygen atoms in total. The van der Waals surface area contributed by atoms with Crippen molar-refractivity contribution < 1.29 is 8.78 Å². The van der Waals surface area contributed by atoms with Gasteiger partial charge in [-0.3, -0.25) is 4.99 Å². The van der Waals surface area contributed by atoms with Gasteiger partial charge in [-0.25, -0.2) is 8.78 Å². The van der Waals surface area contributed by atoms with Gasteiger partial charge in [-0.15, -0.1) is 11.3 Å². The summed E-state index contributed by atoms with van der Waals surface area (Å²) >= 11 is 1.48. The Morgan fingerprint density at radius 3 is 2.44 bits per heavy atom. The van der Waals surface area contributed by atoms with Gasteiger partial charge in [-0.2, -0.15) is 0 Å². The fourth-order valence-corrected chi connectivity index (χ4v) is 3.07. The van der Waals surface area contributed by atoms with E-state index >= 15 is 0 Å². The molecule has 0 spiro atoms. The van der Waals surface area contributed by atoms with Crippen molar-refractivity contribution in [2.75, 3.05) is 7.05 Å². The van der Waals surface area contributed by atoms with Crippen molar-refractivity contribution in [3.8, 4) is 0 Å². The van der Waals surface area contributed by atoms with E-state index in [4.69, 9.17) is 0 Å². The Morgan fingerprint density at radius 2 is 1.84 bits per heavy atom. The molecule has 0 radical (unpaired) electrons. The number of thiophene rings is 1. The van der Waals surface area contributed by atoms with E-state index in [0.717, 1.165) is 22.4 Å². The molecule has 1 N–H and O–H groups in total. The standard InChI is InChI=1S/C20H22F2N2S/c1-14(20(3,21)22)12-17(23-4)19-11-10-18(25-19)15(2)24-13-16-8-6-5-7-9-16/h5-12,24H,2,13H2,1,3-4H3/b14-12+,23-17?. The normalized spacial score (nSPS) is 13.0. The quantitative estimate of drug-likeness (QED) is 0.645. The predicted octanol–water partition coefficient (Wildman–Crippen LogP) is 5.53. The first-order valence-corrected chi connectivity index (χ1v) is 8.73. The number of aliphatic imine (C=N–C) groups is 1. The lowest BCUT2D eigenvalue weighted by Gasteiger charge is -2.11. The van der Waals surface area contributed by atoms with Gasteiger partial charge in [0.05, 0.1) is 15.5 Å². The molecule has 1 aromatic carbocycles. The van der Waals surface area contributed by atoms with E-state index in [0.29, 0.717) is 12.3 Å². The van der Waals surface area contributed by atoms with Gasteiger partial charge in [0, 0.05) is 26.2 Å². The molecule has 132 valence electrons. The van der Waals surface area contributed by atoms with Crippen LogP contribution in [-0.2, 0) is 6.54 Å². The number of rotatable bonds is 7. The third-order valence-electron chi connectivity index (χ3n) is 3.79. The van der Waals surface area contributed by atoms with Gasteiger partial charge in [-0.05, 0) is 36.3 Å². The highest BCUT2D eigenvalue weighted by molar-refractivity contribution is 7.15. The zero-order chi connectivity index (χ0) is 18.4. The van der Waals surface area contributed by atoms with Gasteiger partial charge in [0.15, 0.2) is 0 Å². The second-order valence-corrected chi connectivity index (χ2v) is 6.89. The first-order valence-electron chi connectivity index (χ1n) is 7.92. The first-order chi connectivity index (χ1) is 11.8. The molecule has 0 aliphatic carbocycles. The molecule has 0 saturated carbocycles. The molecule has 0 fully saturated rings. The highest BCUT2D eigenvalue weighted by atomic mass is 32.1. The van der Waals surface area contributed by atoms with Crippen LogP contribution in [-0.4, -0.2) is 18.7 Å². The Kier molecular flexibility index (Phi) is 6.26. The highest BCUT2D eigenvalue weighted by Crippen LogP contribution is 2.26. The average molecular weight is 360 g/mol. The summed E-state index contributed by atoms with van der Waals surface area (Å²) in [5, 5.41) is 3.29. The lowest BCUT2D eigenvalue weighted by atomic mass is 10.1. The number of hydrogen-bond donors (Lipinski definition) is 1. The van der Waals surface area contributed by atoms with Crippen LogP contribution in [0.1, 0.15) is 29.2 Å². The molecule has 25 heavy (non-hydrogen) atoms. The van der Waals surface area contributed by atoms with Crippen LogP contribution in [0.15, 0.2) is 65.7 Å². The lowest BCUT2D eigenvalue weighted by molar-refractivity contribution is 0.0637. The molecule has 0 saturated heterocycles. The summed E-state index contributed by atoms with van der Waals surface area (Å²) in [7, 11) is 1.61. The maximum absolute atomic E-state index is 13.4.